The monoisotopic (exact) mass is 270 g/mol. The minimum Gasteiger partial charge on any atom is -0.508 e. The number of nitrogens with one attached hydrogen (secondary N) is 1. The Kier molecular flexibility index (Phi) is 3.16. The first kappa shape index (κ1) is 12.3. The van der Waals surface area contributed by atoms with Crippen LogP contribution in [0.2, 0.25) is 0 Å². The van der Waals surface area contributed by atoms with Crippen molar-refractivity contribution in [1.29, 1.82) is 0 Å². The molecule has 1 heterocycles. The van der Waals surface area contributed by atoms with Gasteiger partial charge in [-0.3, -0.25) is 0 Å². The first-order valence-electron chi connectivity index (χ1n) is 6.21. The van der Waals surface area contributed by atoms with E-state index in [4.69, 9.17) is 9.15 Å². The molecule has 0 atom stereocenters. The molecule has 3 aromatic rings. The molecule has 0 fully saturated rings. The van der Waals surface area contributed by atoms with Crippen molar-refractivity contribution in [2.24, 2.45) is 0 Å². The number of nitrogens with zero attached hydrogens (tertiary/aromatic N) is 1. The van der Waals surface area contributed by atoms with Gasteiger partial charge in [0.2, 0.25) is 5.89 Å². The summed E-state index contributed by atoms with van der Waals surface area (Å²) >= 11 is 0. The number of aromatic hydroxyl groups is 1. The number of rotatable bonds is 4. The fraction of sp³-hybridized carbons (Fsp3) is 0.133. The highest BCUT2D eigenvalue weighted by Gasteiger charge is 2.06. The van der Waals surface area contributed by atoms with Crippen LogP contribution in [0.5, 0.6) is 11.5 Å². The van der Waals surface area contributed by atoms with Gasteiger partial charge < -0.3 is 19.6 Å². The summed E-state index contributed by atoms with van der Waals surface area (Å²) in [5, 5.41) is 12.4. The minimum atomic E-state index is 0.240. The number of hydrogen-bond acceptors (Lipinski definition) is 5. The molecule has 0 saturated heterocycles. The molecule has 3 rings (SSSR count). The van der Waals surface area contributed by atoms with E-state index in [-0.39, 0.29) is 5.75 Å². The molecule has 0 radical (unpaired) electrons. The second kappa shape index (κ2) is 5.13. The smallest absolute Gasteiger partial charge is 0.214 e. The predicted octanol–water partition coefficient (Wildman–Crippen LogP) is 3.15. The van der Waals surface area contributed by atoms with E-state index in [1.165, 1.54) is 0 Å². The van der Waals surface area contributed by atoms with Gasteiger partial charge in [0.05, 0.1) is 13.7 Å². The molecule has 0 unspecified atom stereocenters. The van der Waals surface area contributed by atoms with Gasteiger partial charge in [-0.1, -0.05) is 0 Å². The van der Waals surface area contributed by atoms with Crippen molar-refractivity contribution in [3.8, 4) is 11.5 Å². The van der Waals surface area contributed by atoms with Gasteiger partial charge in [0.1, 0.15) is 17.0 Å². The zero-order valence-electron chi connectivity index (χ0n) is 11.0. The van der Waals surface area contributed by atoms with E-state index in [9.17, 15) is 5.11 Å². The van der Waals surface area contributed by atoms with Gasteiger partial charge in [-0.2, -0.15) is 0 Å². The van der Waals surface area contributed by atoms with E-state index in [1.54, 1.807) is 31.4 Å². The third-order valence-electron chi connectivity index (χ3n) is 2.95. The number of benzene rings is 2. The van der Waals surface area contributed by atoms with Crippen LogP contribution in [-0.2, 0) is 6.54 Å². The third kappa shape index (κ3) is 2.51. The number of methoxy groups -OCH3 is 1. The fourth-order valence-corrected chi connectivity index (χ4v) is 1.91. The van der Waals surface area contributed by atoms with Gasteiger partial charge in [0, 0.05) is 11.8 Å². The second-order valence-electron chi connectivity index (χ2n) is 4.34. The van der Waals surface area contributed by atoms with Crippen LogP contribution >= 0.6 is 0 Å². The summed E-state index contributed by atoms with van der Waals surface area (Å²) in [7, 11) is 1.62. The molecule has 5 nitrogen and oxygen atoms in total. The number of hydrogen-bond donors (Lipinski definition) is 2. The number of ether oxygens (including phenoxy) is 1. The molecule has 20 heavy (non-hydrogen) atoms. The van der Waals surface area contributed by atoms with E-state index in [0.717, 1.165) is 22.5 Å². The van der Waals surface area contributed by atoms with Crippen molar-refractivity contribution in [3.05, 3.63) is 48.4 Å². The lowest BCUT2D eigenvalue weighted by Gasteiger charge is -2.02. The maximum atomic E-state index is 9.22. The van der Waals surface area contributed by atoms with Crippen LogP contribution < -0.4 is 10.1 Å². The lowest BCUT2D eigenvalue weighted by atomic mass is 10.3. The topological polar surface area (TPSA) is 67.5 Å². The van der Waals surface area contributed by atoms with E-state index >= 15 is 0 Å². The highest BCUT2D eigenvalue weighted by molar-refractivity contribution is 5.74. The quantitative estimate of drug-likeness (QED) is 0.713. The summed E-state index contributed by atoms with van der Waals surface area (Å²) < 4.78 is 10.8. The molecule has 0 spiro atoms. The van der Waals surface area contributed by atoms with Gasteiger partial charge in [0.25, 0.3) is 0 Å². The van der Waals surface area contributed by atoms with Crippen LogP contribution in [0, 0.1) is 0 Å². The van der Waals surface area contributed by atoms with Crippen LogP contribution in [-0.4, -0.2) is 17.2 Å². The number of oxazole rings is 1. The minimum absolute atomic E-state index is 0.240. The van der Waals surface area contributed by atoms with Gasteiger partial charge in [-0.05, 0) is 36.4 Å². The summed E-state index contributed by atoms with van der Waals surface area (Å²) in [5.41, 5.74) is 2.39. The first-order chi connectivity index (χ1) is 9.74. The number of anilines is 1. The van der Waals surface area contributed by atoms with Crippen molar-refractivity contribution in [2.45, 2.75) is 6.54 Å². The van der Waals surface area contributed by atoms with Crippen LogP contribution in [0.15, 0.2) is 46.9 Å². The fourth-order valence-electron chi connectivity index (χ4n) is 1.91. The number of aromatic nitrogens is 1. The molecule has 0 aliphatic carbocycles. The van der Waals surface area contributed by atoms with Gasteiger partial charge in [-0.15, -0.1) is 0 Å². The molecule has 1 aromatic heterocycles. The first-order valence-corrected chi connectivity index (χ1v) is 6.21. The lowest BCUT2D eigenvalue weighted by Crippen LogP contribution is -1.98. The van der Waals surface area contributed by atoms with E-state index in [1.807, 2.05) is 18.2 Å². The average Bonchev–Trinajstić information content (AvgIpc) is 2.88. The maximum absolute atomic E-state index is 9.22. The highest BCUT2D eigenvalue weighted by atomic mass is 16.5. The molecular weight excluding hydrogens is 256 g/mol. The normalized spacial score (nSPS) is 10.7. The Morgan fingerprint density at radius 3 is 2.75 bits per heavy atom. The Bertz CT molecular complexity index is 720. The zero-order valence-corrected chi connectivity index (χ0v) is 11.0. The van der Waals surface area contributed by atoms with Crippen molar-refractivity contribution in [2.75, 3.05) is 12.4 Å². The third-order valence-corrected chi connectivity index (χ3v) is 2.95. The van der Waals surface area contributed by atoms with Crippen LogP contribution in [0.4, 0.5) is 5.69 Å². The number of phenolic OH excluding ortho intramolecular Hbond substituents is 1. The molecule has 0 amide bonds. The summed E-state index contributed by atoms with van der Waals surface area (Å²) in [4.78, 5) is 4.40. The predicted molar refractivity (Wildman–Crippen MR) is 76.0 cm³/mol. The lowest BCUT2D eigenvalue weighted by molar-refractivity contribution is 0.415. The van der Waals surface area contributed by atoms with Crippen molar-refractivity contribution in [1.82, 2.24) is 4.98 Å². The second-order valence-corrected chi connectivity index (χ2v) is 4.34. The molecule has 5 heteroatoms. The molecule has 2 N–H and O–H groups in total. The number of fused-ring (bicyclic) bond motifs is 1. The SMILES string of the molecule is COc1ccc2oc(CNc3ccc(O)cc3)nc2c1. The Hall–Kier alpha value is -2.69. The van der Waals surface area contributed by atoms with Gasteiger partial charge in [-0.25, -0.2) is 4.98 Å². The van der Waals surface area contributed by atoms with Crippen LogP contribution in [0.3, 0.4) is 0 Å². The zero-order chi connectivity index (χ0) is 13.9. The molecule has 2 aromatic carbocycles. The van der Waals surface area contributed by atoms with Crippen LogP contribution in [0.25, 0.3) is 11.1 Å². The summed E-state index contributed by atoms with van der Waals surface area (Å²) in [6.45, 7) is 0.474. The van der Waals surface area contributed by atoms with Crippen molar-refractivity contribution in [3.63, 3.8) is 0 Å². The molecule has 0 bridgehead atoms. The Balaban J connectivity index is 1.75. The highest BCUT2D eigenvalue weighted by Crippen LogP contribution is 2.22. The molecule has 0 saturated carbocycles. The van der Waals surface area contributed by atoms with Crippen LogP contribution in [0.1, 0.15) is 5.89 Å². The Morgan fingerprint density at radius 2 is 2.00 bits per heavy atom. The van der Waals surface area contributed by atoms with Gasteiger partial charge in [0.15, 0.2) is 5.58 Å². The van der Waals surface area contributed by atoms with Crippen molar-refractivity contribution < 1.29 is 14.3 Å². The molecule has 102 valence electrons. The number of phenols is 1. The summed E-state index contributed by atoms with van der Waals surface area (Å²) in [6.07, 6.45) is 0. The van der Waals surface area contributed by atoms with E-state index in [0.29, 0.717) is 12.4 Å². The largest absolute Gasteiger partial charge is 0.508 e. The molecular formula is C15H14N2O3. The van der Waals surface area contributed by atoms with E-state index < -0.39 is 0 Å². The summed E-state index contributed by atoms with van der Waals surface area (Å²) in [5.74, 6) is 1.59. The Labute approximate surface area is 115 Å². The molecule has 0 aliphatic heterocycles. The van der Waals surface area contributed by atoms with Crippen molar-refractivity contribution >= 4 is 16.8 Å². The molecule has 0 aliphatic rings. The maximum Gasteiger partial charge on any atom is 0.214 e. The summed E-state index contributed by atoms with van der Waals surface area (Å²) in [6, 6.07) is 12.3. The van der Waals surface area contributed by atoms with Gasteiger partial charge >= 0.3 is 0 Å². The van der Waals surface area contributed by atoms with E-state index in [2.05, 4.69) is 10.3 Å². The average molecular weight is 270 g/mol. The standard InChI is InChI=1S/C15H14N2O3/c1-19-12-6-7-14-13(8-12)17-15(20-14)9-16-10-2-4-11(18)5-3-10/h2-8,16,18H,9H2,1H3. The Morgan fingerprint density at radius 1 is 1.20 bits per heavy atom.